The van der Waals surface area contributed by atoms with Gasteiger partial charge in [-0.3, -0.25) is 4.79 Å². The van der Waals surface area contributed by atoms with Gasteiger partial charge in [0.25, 0.3) is 5.91 Å². The summed E-state index contributed by atoms with van der Waals surface area (Å²) in [5.41, 5.74) is 1.97. The molecule has 0 unspecified atom stereocenters. The van der Waals surface area contributed by atoms with Gasteiger partial charge in [-0.25, -0.2) is 9.38 Å². The number of rotatable bonds is 13. The minimum Gasteiger partial charge on any atom is -0.494 e. The molecule has 0 saturated carbocycles. The average Bonchev–Trinajstić information content (AvgIpc) is 3.43. The van der Waals surface area contributed by atoms with Gasteiger partial charge in [0.15, 0.2) is 11.6 Å². The first kappa shape index (κ1) is 31.2. The Morgan fingerprint density at radius 3 is 2.55 bits per heavy atom. The van der Waals surface area contributed by atoms with Crippen LogP contribution in [0, 0.1) is 5.82 Å². The fourth-order valence-electron chi connectivity index (χ4n) is 5.08. The SMILES string of the molecule is O=C(NCCc1cccc(F)c1)[C@]1(C/C=C/c2ccccc2)N=C(c2ccc(OCCCO)cc2)O[C@@H]1c1ccccc1Br. The first-order valence-corrected chi connectivity index (χ1v) is 15.4. The lowest BCUT2D eigenvalue weighted by molar-refractivity contribution is -0.128. The first-order chi connectivity index (χ1) is 21.5. The van der Waals surface area contributed by atoms with Crippen molar-refractivity contribution < 1.29 is 23.8 Å². The highest BCUT2D eigenvalue weighted by Gasteiger charge is 2.53. The van der Waals surface area contributed by atoms with Crippen LogP contribution in [0.1, 0.15) is 41.2 Å². The molecule has 1 aliphatic heterocycles. The number of nitrogens with one attached hydrogen (secondary N) is 1. The van der Waals surface area contributed by atoms with Crippen LogP contribution in [0.25, 0.3) is 6.08 Å². The number of amides is 1. The largest absolute Gasteiger partial charge is 0.494 e. The molecule has 0 aromatic heterocycles. The van der Waals surface area contributed by atoms with Crippen LogP contribution in [-0.2, 0) is 16.0 Å². The third-order valence-electron chi connectivity index (χ3n) is 7.34. The summed E-state index contributed by atoms with van der Waals surface area (Å²) in [6.45, 7) is 0.772. The van der Waals surface area contributed by atoms with Crippen molar-refractivity contribution in [1.29, 1.82) is 0 Å². The summed E-state index contributed by atoms with van der Waals surface area (Å²) < 4.78 is 26.8. The van der Waals surface area contributed by atoms with Crippen molar-refractivity contribution in [3.63, 3.8) is 0 Å². The highest BCUT2D eigenvalue weighted by molar-refractivity contribution is 9.10. The molecule has 0 radical (unpaired) electrons. The standard InChI is InChI=1S/C36H34BrFN2O4/c37-32-15-5-4-14-31(32)33-36(21-7-12-26-9-2-1-3-10-26,35(42)39-22-20-27-11-6-13-29(38)25-27)40-34(44-33)28-16-18-30(19-17-28)43-24-8-23-41/h1-7,9-19,25,33,41H,8,20-24H2,(H,39,42)/b12-7+/t33-,36-/m1/s1. The number of carbonyl (C=O) groups excluding carboxylic acids is 1. The van der Waals surface area contributed by atoms with Crippen molar-refractivity contribution in [1.82, 2.24) is 5.32 Å². The number of hydrogen-bond donors (Lipinski definition) is 2. The Kier molecular flexibility index (Phi) is 10.6. The minimum absolute atomic E-state index is 0.0598. The van der Waals surface area contributed by atoms with Gasteiger partial charge in [-0.05, 0) is 60.0 Å². The fraction of sp³-hybridized carbons (Fsp3) is 0.222. The Labute approximate surface area is 265 Å². The maximum atomic E-state index is 14.3. The van der Waals surface area contributed by atoms with E-state index in [9.17, 15) is 9.18 Å². The topological polar surface area (TPSA) is 80.2 Å². The van der Waals surface area contributed by atoms with Crippen molar-refractivity contribution in [2.24, 2.45) is 4.99 Å². The molecule has 0 aliphatic carbocycles. The Balaban J connectivity index is 1.49. The van der Waals surface area contributed by atoms with Crippen molar-refractivity contribution in [3.05, 3.63) is 142 Å². The number of benzene rings is 4. The third kappa shape index (κ3) is 7.62. The van der Waals surface area contributed by atoms with Crippen LogP contribution >= 0.6 is 15.9 Å². The maximum Gasteiger partial charge on any atom is 0.252 e. The van der Waals surface area contributed by atoms with Gasteiger partial charge in [-0.15, -0.1) is 0 Å². The van der Waals surface area contributed by atoms with Gasteiger partial charge < -0.3 is 19.9 Å². The molecule has 1 aliphatic rings. The number of aliphatic imine (C=N–C) groups is 1. The average molecular weight is 658 g/mol. The zero-order valence-corrected chi connectivity index (χ0v) is 25.8. The lowest BCUT2D eigenvalue weighted by atomic mass is 9.84. The Morgan fingerprint density at radius 1 is 1.02 bits per heavy atom. The Morgan fingerprint density at radius 2 is 1.80 bits per heavy atom. The van der Waals surface area contributed by atoms with Gasteiger partial charge in [0.2, 0.25) is 5.90 Å². The fourth-order valence-corrected chi connectivity index (χ4v) is 5.58. The van der Waals surface area contributed by atoms with E-state index in [1.165, 1.54) is 12.1 Å². The molecule has 5 rings (SSSR count). The molecule has 226 valence electrons. The molecule has 0 bridgehead atoms. The van der Waals surface area contributed by atoms with Gasteiger partial charge >= 0.3 is 0 Å². The lowest BCUT2D eigenvalue weighted by Crippen LogP contribution is -2.48. The smallest absolute Gasteiger partial charge is 0.252 e. The second-order valence-electron chi connectivity index (χ2n) is 10.5. The molecule has 2 atom stereocenters. The van der Waals surface area contributed by atoms with E-state index in [0.29, 0.717) is 43.2 Å². The van der Waals surface area contributed by atoms with E-state index >= 15 is 0 Å². The van der Waals surface area contributed by atoms with Crippen LogP contribution < -0.4 is 10.1 Å². The van der Waals surface area contributed by atoms with E-state index in [1.807, 2.05) is 97.1 Å². The molecule has 0 saturated heterocycles. The van der Waals surface area contributed by atoms with E-state index in [2.05, 4.69) is 21.2 Å². The van der Waals surface area contributed by atoms with Crippen LogP contribution in [0.15, 0.2) is 119 Å². The predicted molar refractivity (Wildman–Crippen MR) is 174 cm³/mol. The van der Waals surface area contributed by atoms with E-state index in [-0.39, 0.29) is 24.8 Å². The second-order valence-corrected chi connectivity index (χ2v) is 11.3. The highest BCUT2D eigenvalue weighted by atomic mass is 79.9. The molecule has 0 spiro atoms. The van der Waals surface area contributed by atoms with E-state index in [0.717, 1.165) is 21.2 Å². The van der Waals surface area contributed by atoms with Gasteiger partial charge in [0.1, 0.15) is 11.6 Å². The van der Waals surface area contributed by atoms with Crippen molar-refractivity contribution in [2.45, 2.75) is 30.9 Å². The number of aliphatic hydroxyl groups is 1. The summed E-state index contributed by atoms with van der Waals surface area (Å²) in [7, 11) is 0. The number of halogens is 2. The van der Waals surface area contributed by atoms with Gasteiger partial charge in [-0.1, -0.05) is 88.7 Å². The number of aliphatic hydroxyl groups excluding tert-OH is 1. The van der Waals surface area contributed by atoms with Crippen LogP contribution in [0.3, 0.4) is 0 Å². The van der Waals surface area contributed by atoms with Gasteiger partial charge in [0.05, 0.1) is 6.61 Å². The molecule has 44 heavy (non-hydrogen) atoms. The number of carbonyl (C=O) groups is 1. The van der Waals surface area contributed by atoms with E-state index in [1.54, 1.807) is 6.07 Å². The molecule has 2 N–H and O–H groups in total. The third-order valence-corrected chi connectivity index (χ3v) is 8.07. The van der Waals surface area contributed by atoms with Gasteiger partial charge in [0, 0.05) is 41.6 Å². The summed E-state index contributed by atoms with van der Waals surface area (Å²) in [5, 5.41) is 12.1. The molecular formula is C36H34BrFN2O4. The molecule has 1 heterocycles. The van der Waals surface area contributed by atoms with E-state index < -0.39 is 11.6 Å². The predicted octanol–water partition coefficient (Wildman–Crippen LogP) is 7.07. The molecular weight excluding hydrogens is 623 g/mol. The summed E-state index contributed by atoms with van der Waals surface area (Å²) in [6, 6.07) is 31.3. The molecule has 4 aromatic rings. The summed E-state index contributed by atoms with van der Waals surface area (Å²) >= 11 is 3.67. The Hall–Kier alpha value is -4.27. The maximum absolute atomic E-state index is 14.3. The van der Waals surface area contributed by atoms with Crippen LogP contribution in [0.4, 0.5) is 4.39 Å². The second kappa shape index (κ2) is 14.9. The normalized spacial score (nSPS) is 17.7. The highest BCUT2D eigenvalue weighted by Crippen LogP contribution is 2.45. The zero-order valence-electron chi connectivity index (χ0n) is 24.2. The number of ether oxygens (including phenoxy) is 2. The minimum atomic E-state index is -1.33. The lowest BCUT2D eigenvalue weighted by Gasteiger charge is -2.30. The van der Waals surface area contributed by atoms with Crippen LogP contribution in [0.2, 0.25) is 0 Å². The number of hydrogen-bond acceptors (Lipinski definition) is 5. The van der Waals surface area contributed by atoms with Crippen molar-refractivity contribution in [3.8, 4) is 5.75 Å². The quantitative estimate of drug-likeness (QED) is 0.151. The molecule has 8 heteroatoms. The molecule has 0 fully saturated rings. The summed E-state index contributed by atoms with van der Waals surface area (Å²) in [4.78, 5) is 19.3. The summed E-state index contributed by atoms with van der Waals surface area (Å²) in [6.07, 6.45) is 4.48. The van der Waals surface area contributed by atoms with Gasteiger partial charge in [-0.2, -0.15) is 0 Å². The first-order valence-electron chi connectivity index (χ1n) is 14.6. The van der Waals surface area contributed by atoms with Crippen LogP contribution in [-0.4, -0.2) is 42.2 Å². The van der Waals surface area contributed by atoms with Crippen LogP contribution in [0.5, 0.6) is 5.75 Å². The van der Waals surface area contributed by atoms with Crippen molar-refractivity contribution >= 4 is 33.8 Å². The van der Waals surface area contributed by atoms with E-state index in [4.69, 9.17) is 19.6 Å². The molecule has 1 amide bonds. The molecule has 4 aromatic carbocycles. The molecule has 6 nitrogen and oxygen atoms in total. The Bertz CT molecular complexity index is 1610. The monoisotopic (exact) mass is 656 g/mol. The number of nitrogens with zero attached hydrogens (tertiary/aromatic N) is 1. The summed E-state index contributed by atoms with van der Waals surface area (Å²) in [5.74, 6) is 0.413. The van der Waals surface area contributed by atoms with Crippen molar-refractivity contribution in [2.75, 3.05) is 19.8 Å². The zero-order chi connectivity index (χ0) is 30.8.